The van der Waals surface area contributed by atoms with Gasteiger partial charge in [-0.2, -0.15) is 0 Å². The number of para-hydroxylation sites is 1. The quantitative estimate of drug-likeness (QED) is 0.231. The van der Waals surface area contributed by atoms with Crippen molar-refractivity contribution < 1.29 is 4.42 Å². The molecule has 38 heavy (non-hydrogen) atoms. The predicted molar refractivity (Wildman–Crippen MR) is 161 cm³/mol. The lowest BCUT2D eigenvalue weighted by Gasteiger charge is -2.27. The molecule has 0 radical (unpaired) electrons. The molecule has 2 nitrogen and oxygen atoms in total. The number of anilines is 3. The molecule has 0 saturated heterocycles. The molecule has 7 aromatic carbocycles. The molecule has 8 rings (SSSR count). The fourth-order valence-electron chi connectivity index (χ4n) is 5.86. The van der Waals surface area contributed by atoms with E-state index < -0.39 is 0 Å². The number of nitrogens with zero attached hydrogens (tertiary/aromatic N) is 1. The monoisotopic (exact) mass is 485 g/mol. The van der Waals surface area contributed by atoms with E-state index in [1.165, 1.54) is 26.9 Å². The van der Waals surface area contributed by atoms with Gasteiger partial charge in [-0.05, 0) is 64.0 Å². The van der Waals surface area contributed by atoms with Crippen molar-refractivity contribution in [3.8, 4) is 0 Å². The largest absolute Gasteiger partial charge is 0.455 e. The van der Waals surface area contributed by atoms with E-state index in [0.717, 1.165) is 44.4 Å². The van der Waals surface area contributed by atoms with E-state index in [2.05, 4.69) is 144 Å². The van der Waals surface area contributed by atoms with Gasteiger partial charge in [-0.1, -0.05) is 97.1 Å². The number of hydrogen-bond acceptors (Lipinski definition) is 2. The molecule has 0 bridgehead atoms. The van der Waals surface area contributed by atoms with Crippen molar-refractivity contribution in [2.45, 2.75) is 0 Å². The fraction of sp³-hybridized carbons (Fsp3) is 0. The average Bonchev–Trinajstić information content (AvgIpc) is 3.37. The Morgan fingerprint density at radius 2 is 1.08 bits per heavy atom. The first kappa shape index (κ1) is 21.0. The van der Waals surface area contributed by atoms with Crippen molar-refractivity contribution in [3.63, 3.8) is 0 Å². The summed E-state index contributed by atoms with van der Waals surface area (Å²) in [7, 11) is 0. The maximum Gasteiger partial charge on any atom is 0.143 e. The van der Waals surface area contributed by atoms with Crippen LogP contribution in [-0.4, -0.2) is 0 Å². The summed E-state index contributed by atoms with van der Waals surface area (Å²) in [6.45, 7) is 0. The summed E-state index contributed by atoms with van der Waals surface area (Å²) in [5.41, 5.74) is 5.21. The van der Waals surface area contributed by atoms with Crippen LogP contribution in [0.15, 0.2) is 144 Å². The maximum atomic E-state index is 6.42. The van der Waals surface area contributed by atoms with Gasteiger partial charge < -0.3 is 9.32 Å². The molecule has 1 heterocycles. The van der Waals surface area contributed by atoms with Gasteiger partial charge in [0.25, 0.3) is 0 Å². The average molecular weight is 486 g/mol. The van der Waals surface area contributed by atoms with E-state index >= 15 is 0 Å². The number of furan rings is 1. The van der Waals surface area contributed by atoms with Gasteiger partial charge in [0.15, 0.2) is 0 Å². The van der Waals surface area contributed by atoms with E-state index in [0.29, 0.717) is 0 Å². The number of benzene rings is 7. The molecular weight excluding hydrogens is 462 g/mol. The minimum atomic E-state index is 0.900. The highest BCUT2D eigenvalue weighted by molar-refractivity contribution is 6.17. The topological polar surface area (TPSA) is 16.4 Å². The Kier molecular flexibility index (Phi) is 4.55. The van der Waals surface area contributed by atoms with Crippen LogP contribution < -0.4 is 4.90 Å². The summed E-state index contributed by atoms with van der Waals surface area (Å²) in [5.74, 6) is 0. The van der Waals surface area contributed by atoms with Crippen LogP contribution in [0.4, 0.5) is 17.1 Å². The molecule has 1 aromatic heterocycles. The molecule has 0 spiro atoms. The van der Waals surface area contributed by atoms with E-state index in [1.54, 1.807) is 0 Å². The Bertz CT molecular complexity index is 2140. The van der Waals surface area contributed by atoms with Gasteiger partial charge in [-0.15, -0.1) is 0 Å². The zero-order chi connectivity index (χ0) is 25.1. The number of rotatable bonds is 3. The molecule has 178 valence electrons. The third-order valence-corrected chi connectivity index (χ3v) is 7.60. The van der Waals surface area contributed by atoms with Gasteiger partial charge in [0.1, 0.15) is 11.2 Å². The smallest absolute Gasteiger partial charge is 0.143 e. The first-order chi connectivity index (χ1) is 18.8. The minimum absolute atomic E-state index is 0.900. The molecule has 0 fully saturated rings. The third-order valence-electron chi connectivity index (χ3n) is 7.60. The van der Waals surface area contributed by atoms with Crippen LogP contribution in [0.3, 0.4) is 0 Å². The van der Waals surface area contributed by atoms with Crippen molar-refractivity contribution in [2.24, 2.45) is 0 Å². The molecule has 8 aromatic rings. The van der Waals surface area contributed by atoms with Crippen LogP contribution in [-0.2, 0) is 0 Å². The predicted octanol–water partition coefficient (Wildman–Crippen LogP) is 10.5. The van der Waals surface area contributed by atoms with Crippen molar-refractivity contribution >= 4 is 71.3 Å². The Morgan fingerprint density at radius 1 is 0.395 bits per heavy atom. The van der Waals surface area contributed by atoms with Crippen LogP contribution in [0.2, 0.25) is 0 Å². The van der Waals surface area contributed by atoms with Crippen LogP contribution in [0.1, 0.15) is 0 Å². The molecule has 0 amide bonds. The molecule has 0 atom stereocenters. The zero-order valence-electron chi connectivity index (χ0n) is 20.6. The zero-order valence-corrected chi connectivity index (χ0v) is 20.6. The van der Waals surface area contributed by atoms with Crippen molar-refractivity contribution in [3.05, 3.63) is 140 Å². The second-order valence-electron chi connectivity index (χ2n) is 9.78. The van der Waals surface area contributed by atoms with E-state index in [4.69, 9.17) is 4.42 Å². The Balaban J connectivity index is 1.44. The van der Waals surface area contributed by atoms with Crippen molar-refractivity contribution in [2.75, 3.05) is 4.90 Å². The van der Waals surface area contributed by atoms with Gasteiger partial charge >= 0.3 is 0 Å². The summed E-state index contributed by atoms with van der Waals surface area (Å²) in [6.07, 6.45) is 0. The summed E-state index contributed by atoms with van der Waals surface area (Å²) >= 11 is 0. The highest BCUT2D eigenvalue weighted by atomic mass is 16.3. The number of fused-ring (bicyclic) bond motifs is 8. The van der Waals surface area contributed by atoms with Gasteiger partial charge in [-0.25, -0.2) is 0 Å². The molecule has 0 aliphatic rings. The fourth-order valence-corrected chi connectivity index (χ4v) is 5.86. The standard InChI is InChI=1S/C36H23NO/c1-2-12-26(13-3-1)37(34-22-25-11-5-6-14-28(25)30-16-8-9-17-31(30)34)27-19-21-35-33(23-27)32-20-18-24-10-4-7-15-29(24)36(32)38-35/h1-23H. The lowest BCUT2D eigenvalue weighted by Crippen LogP contribution is -2.10. The second kappa shape index (κ2) is 8.22. The van der Waals surface area contributed by atoms with Crippen molar-refractivity contribution in [1.29, 1.82) is 0 Å². The SMILES string of the molecule is c1ccc(N(c2ccc3oc4c5ccccc5ccc4c3c2)c2cc3ccccc3c3ccccc23)cc1. The summed E-state index contributed by atoms with van der Waals surface area (Å²) < 4.78 is 6.42. The number of hydrogen-bond donors (Lipinski definition) is 0. The maximum absolute atomic E-state index is 6.42. The summed E-state index contributed by atoms with van der Waals surface area (Å²) in [5, 5.41) is 9.55. The van der Waals surface area contributed by atoms with Crippen LogP contribution in [0.5, 0.6) is 0 Å². The lowest BCUT2D eigenvalue weighted by atomic mass is 9.99. The first-order valence-corrected chi connectivity index (χ1v) is 12.9. The molecule has 0 saturated carbocycles. The van der Waals surface area contributed by atoms with Crippen molar-refractivity contribution in [1.82, 2.24) is 0 Å². The Hall–Kier alpha value is -5.08. The first-order valence-electron chi connectivity index (χ1n) is 12.9. The molecule has 0 aliphatic carbocycles. The molecule has 0 unspecified atom stereocenters. The van der Waals surface area contributed by atoms with Gasteiger partial charge in [0.05, 0.1) is 5.69 Å². The summed E-state index contributed by atoms with van der Waals surface area (Å²) in [4.78, 5) is 2.37. The Labute approximate surface area is 220 Å². The van der Waals surface area contributed by atoms with Gasteiger partial charge in [0.2, 0.25) is 0 Å². The van der Waals surface area contributed by atoms with E-state index in [9.17, 15) is 0 Å². The molecule has 0 aliphatic heterocycles. The highest BCUT2D eigenvalue weighted by Gasteiger charge is 2.19. The molecule has 0 N–H and O–H groups in total. The second-order valence-corrected chi connectivity index (χ2v) is 9.78. The van der Waals surface area contributed by atoms with Gasteiger partial charge in [-0.3, -0.25) is 0 Å². The third kappa shape index (κ3) is 3.14. The summed E-state index contributed by atoms with van der Waals surface area (Å²) in [6, 6.07) is 49.6. The van der Waals surface area contributed by atoms with Crippen LogP contribution in [0.25, 0.3) is 54.3 Å². The Morgan fingerprint density at radius 3 is 1.92 bits per heavy atom. The van der Waals surface area contributed by atoms with E-state index in [-0.39, 0.29) is 0 Å². The minimum Gasteiger partial charge on any atom is -0.455 e. The van der Waals surface area contributed by atoms with Gasteiger partial charge in [0, 0.05) is 32.9 Å². The normalized spacial score (nSPS) is 11.7. The molecule has 2 heteroatoms. The molecular formula is C36H23NO. The van der Waals surface area contributed by atoms with Crippen LogP contribution in [0, 0.1) is 0 Å². The lowest BCUT2D eigenvalue weighted by molar-refractivity contribution is 0.672. The van der Waals surface area contributed by atoms with Crippen LogP contribution >= 0.6 is 0 Å². The highest BCUT2D eigenvalue weighted by Crippen LogP contribution is 2.44. The van der Waals surface area contributed by atoms with E-state index in [1.807, 2.05) is 0 Å².